The Morgan fingerprint density at radius 3 is 2.33 bits per heavy atom. The molecule has 0 spiro atoms. The predicted octanol–water partition coefficient (Wildman–Crippen LogP) is 4.47. The predicted molar refractivity (Wildman–Crippen MR) is 66.4 cm³/mol. The maximum Gasteiger partial charge on any atom is -0.0167 e. The second-order valence-corrected chi connectivity index (χ2v) is 4.75. The lowest BCUT2D eigenvalue weighted by Gasteiger charge is -2.19. The Morgan fingerprint density at radius 2 is 1.67 bits per heavy atom. The van der Waals surface area contributed by atoms with Crippen LogP contribution in [0.25, 0.3) is 0 Å². The minimum atomic E-state index is 0.775. The van der Waals surface area contributed by atoms with Crippen LogP contribution in [0.5, 0.6) is 0 Å². The molecule has 0 saturated heterocycles. The molecule has 1 aromatic rings. The molecule has 0 atom stereocenters. The van der Waals surface area contributed by atoms with Gasteiger partial charge in [0.1, 0.15) is 0 Å². The second kappa shape index (κ2) is 4.83. The summed E-state index contributed by atoms with van der Waals surface area (Å²) in [6.07, 6.45) is 7.93. The van der Waals surface area contributed by atoms with Crippen molar-refractivity contribution in [3.63, 3.8) is 0 Å². The van der Waals surface area contributed by atoms with Crippen molar-refractivity contribution in [2.75, 3.05) is 0 Å². The van der Waals surface area contributed by atoms with Crippen molar-refractivity contribution in [3.8, 4) is 0 Å². The van der Waals surface area contributed by atoms with Crippen LogP contribution in [-0.4, -0.2) is 0 Å². The van der Waals surface area contributed by atoms with Crippen LogP contribution in [0.3, 0.4) is 0 Å². The Bertz CT molecular complexity index is 321. The quantitative estimate of drug-likeness (QED) is 0.678. The summed E-state index contributed by atoms with van der Waals surface area (Å²) in [5.41, 5.74) is 4.81. The average Bonchev–Trinajstić information content (AvgIpc) is 2.30. The number of benzene rings is 1. The lowest BCUT2D eigenvalue weighted by Crippen LogP contribution is -2.05. The van der Waals surface area contributed by atoms with Crippen LogP contribution < -0.4 is 0 Å². The topological polar surface area (TPSA) is 0 Å². The van der Waals surface area contributed by atoms with Gasteiger partial charge in [-0.3, -0.25) is 0 Å². The summed E-state index contributed by atoms with van der Waals surface area (Å²) < 4.78 is 0. The van der Waals surface area contributed by atoms with Gasteiger partial charge in [0.25, 0.3) is 0 Å². The summed E-state index contributed by atoms with van der Waals surface area (Å²) in [6, 6.07) is 7.22. The van der Waals surface area contributed by atoms with Gasteiger partial charge in [-0.25, -0.2) is 0 Å². The molecule has 82 valence electrons. The number of aryl methyl sites for hydroxylation is 2. The number of rotatable bonds is 3. The highest BCUT2D eigenvalue weighted by molar-refractivity contribution is 5.35. The summed E-state index contributed by atoms with van der Waals surface area (Å²) in [5.74, 6) is 0.775. The fourth-order valence-corrected chi connectivity index (χ4v) is 2.77. The third kappa shape index (κ3) is 2.25. The molecule has 0 heteroatoms. The maximum absolute atomic E-state index is 2.48. The summed E-state index contributed by atoms with van der Waals surface area (Å²) in [5, 5.41) is 0. The molecule has 1 aromatic carbocycles. The maximum atomic E-state index is 2.48. The van der Waals surface area contributed by atoms with Crippen molar-refractivity contribution < 1.29 is 0 Å². The molecule has 0 radical (unpaired) electrons. The van der Waals surface area contributed by atoms with Crippen LogP contribution in [0, 0.1) is 0 Å². The molecule has 0 fully saturated rings. The number of hydrogen-bond donors (Lipinski definition) is 0. The van der Waals surface area contributed by atoms with Gasteiger partial charge in [0.2, 0.25) is 0 Å². The normalized spacial score (nSPS) is 15.4. The van der Waals surface area contributed by atoms with Crippen molar-refractivity contribution in [2.45, 2.75) is 58.3 Å². The molecule has 0 bridgehead atoms. The molecule has 1 aliphatic carbocycles. The largest absolute Gasteiger partial charge is 0.0648 e. The molecule has 1 aliphatic rings. The van der Waals surface area contributed by atoms with E-state index in [1.54, 1.807) is 16.7 Å². The van der Waals surface area contributed by atoms with E-state index < -0.39 is 0 Å². The molecule has 0 aromatic heterocycles. The van der Waals surface area contributed by atoms with E-state index in [1.807, 2.05) is 0 Å². The molecular formula is C15H22. The summed E-state index contributed by atoms with van der Waals surface area (Å²) in [4.78, 5) is 0. The molecule has 0 heterocycles. The van der Waals surface area contributed by atoms with Gasteiger partial charge in [-0.2, -0.15) is 0 Å². The van der Waals surface area contributed by atoms with Crippen molar-refractivity contribution in [3.05, 3.63) is 34.9 Å². The standard InChI is InChI=1S/C15H22/c1-3-12(4-2)15-10-9-13-7-5-6-8-14(13)11-15/h9-12H,3-8H2,1-2H3. The number of fused-ring (bicyclic) bond motifs is 1. The smallest absolute Gasteiger partial charge is 0.0167 e. The first-order chi connectivity index (χ1) is 7.35. The van der Waals surface area contributed by atoms with Crippen molar-refractivity contribution in [1.29, 1.82) is 0 Å². The van der Waals surface area contributed by atoms with Crippen LogP contribution in [0.4, 0.5) is 0 Å². The van der Waals surface area contributed by atoms with E-state index in [-0.39, 0.29) is 0 Å². The zero-order chi connectivity index (χ0) is 10.7. The highest BCUT2D eigenvalue weighted by atomic mass is 14.2. The zero-order valence-corrected chi connectivity index (χ0v) is 10.1. The highest BCUT2D eigenvalue weighted by Gasteiger charge is 2.12. The minimum Gasteiger partial charge on any atom is -0.0648 e. The van der Waals surface area contributed by atoms with Gasteiger partial charge in [-0.05, 0) is 61.1 Å². The monoisotopic (exact) mass is 202 g/mol. The minimum absolute atomic E-state index is 0.775. The highest BCUT2D eigenvalue weighted by Crippen LogP contribution is 2.28. The van der Waals surface area contributed by atoms with Gasteiger partial charge in [-0.1, -0.05) is 32.0 Å². The summed E-state index contributed by atoms with van der Waals surface area (Å²) in [6.45, 7) is 4.60. The van der Waals surface area contributed by atoms with E-state index in [1.165, 1.54) is 38.5 Å². The first-order valence-corrected chi connectivity index (χ1v) is 6.46. The van der Waals surface area contributed by atoms with Gasteiger partial charge in [-0.15, -0.1) is 0 Å². The van der Waals surface area contributed by atoms with Crippen LogP contribution >= 0.6 is 0 Å². The Balaban J connectivity index is 2.27. The summed E-state index contributed by atoms with van der Waals surface area (Å²) in [7, 11) is 0. The van der Waals surface area contributed by atoms with Gasteiger partial charge < -0.3 is 0 Å². The SMILES string of the molecule is CCC(CC)c1ccc2c(c1)CCCC2. The van der Waals surface area contributed by atoms with Crippen LogP contribution in [0.15, 0.2) is 18.2 Å². The Morgan fingerprint density at radius 1 is 1.00 bits per heavy atom. The lowest BCUT2D eigenvalue weighted by molar-refractivity contribution is 0.634. The Kier molecular flexibility index (Phi) is 3.45. The molecule has 0 N–H and O–H groups in total. The van der Waals surface area contributed by atoms with E-state index in [0.29, 0.717) is 0 Å². The van der Waals surface area contributed by atoms with Crippen LogP contribution in [0.2, 0.25) is 0 Å². The lowest BCUT2D eigenvalue weighted by atomic mass is 9.86. The first kappa shape index (κ1) is 10.7. The molecule has 2 rings (SSSR count). The van der Waals surface area contributed by atoms with Gasteiger partial charge in [0.05, 0.1) is 0 Å². The fourth-order valence-electron chi connectivity index (χ4n) is 2.77. The van der Waals surface area contributed by atoms with Gasteiger partial charge in [0.15, 0.2) is 0 Å². The van der Waals surface area contributed by atoms with E-state index in [4.69, 9.17) is 0 Å². The van der Waals surface area contributed by atoms with Gasteiger partial charge >= 0.3 is 0 Å². The molecule has 0 nitrogen and oxygen atoms in total. The molecule has 0 unspecified atom stereocenters. The number of hydrogen-bond acceptors (Lipinski definition) is 0. The van der Waals surface area contributed by atoms with Crippen molar-refractivity contribution in [1.82, 2.24) is 0 Å². The average molecular weight is 202 g/mol. The van der Waals surface area contributed by atoms with E-state index in [9.17, 15) is 0 Å². The molecule has 0 aliphatic heterocycles. The zero-order valence-electron chi connectivity index (χ0n) is 10.1. The molecule has 15 heavy (non-hydrogen) atoms. The summed E-state index contributed by atoms with van der Waals surface area (Å²) >= 11 is 0. The fraction of sp³-hybridized carbons (Fsp3) is 0.600. The van der Waals surface area contributed by atoms with E-state index in [2.05, 4.69) is 32.0 Å². The van der Waals surface area contributed by atoms with Crippen molar-refractivity contribution in [2.24, 2.45) is 0 Å². The second-order valence-electron chi connectivity index (χ2n) is 4.75. The van der Waals surface area contributed by atoms with Crippen molar-refractivity contribution >= 4 is 0 Å². The van der Waals surface area contributed by atoms with Crippen LogP contribution in [-0.2, 0) is 12.8 Å². The van der Waals surface area contributed by atoms with Crippen LogP contribution in [0.1, 0.15) is 62.1 Å². The van der Waals surface area contributed by atoms with E-state index >= 15 is 0 Å². The Labute approximate surface area is 93.7 Å². The molecule has 0 saturated carbocycles. The third-order valence-electron chi connectivity index (χ3n) is 3.83. The first-order valence-electron chi connectivity index (χ1n) is 6.46. The third-order valence-corrected chi connectivity index (χ3v) is 3.83. The molecular weight excluding hydrogens is 180 g/mol. The Hall–Kier alpha value is -0.780. The van der Waals surface area contributed by atoms with E-state index in [0.717, 1.165) is 5.92 Å². The molecule has 0 amide bonds. The van der Waals surface area contributed by atoms with Gasteiger partial charge in [0, 0.05) is 0 Å².